The Kier molecular flexibility index (Phi) is 6.24. The number of amides is 1. The molecule has 1 aromatic carbocycles. The zero-order valence-corrected chi connectivity index (χ0v) is 17.9. The Morgan fingerprint density at radius 3 is 2.76 bits per heavy atom. The van der Waals surface area contributed by atoms with E-state index in [0.717, 1.165) is 35.8 Å². The van der Waals surface area contributed by atoms with E-state index in [-0.39, 0.29) is 22.4 Å². The summed E-state index contributed by atoms with van der Waals surface area (Å²) in [4.78, 5) is 37.0. The zero-order chi connectivity index (χ0) is 21.3. The molecule has 7 nitrogen and oxygen atoms in total. The van der Waals surface area contributed by atoms with Gasteiger partial charge in [-0.25, -0.2) is 4.79 Å². The van der Waals surface area contributed by atoms with Crippen molar-refractivity contribution < 1.29 is 19.2 Å². The number of non-ortho nitro benzene ring substituents is 1. The van der Waals surface area contributed by atoms with E-state index in [1.54, 1.807) is 13.8 Å². The Labute approximate surface area is 177 Å². The summed E-state index contributed by atoms with van der Waals surface area (Å²) >= 11 is 7.43. The number of esters is 1. The molecule has 0 unspecified atom stereocenters. The number of anilines is 1. The van der Waals surface area contributed by atoms with E-state index < -0.39 is 16.8 Å². The predicted molar refractivity (Wildman–Crippen MR) is 112 cm³/mol. The first-order valence-corrected chi connectivity index (χ1v) is 10.5. The molecule has 0 spiro atoms. The van der Waals surface area contributed by atoms with Crippen molar-refractivity contribution in [2.75, 3.05) is 5.32 Å². The first-order chi connectivity index (χ1) is 13.7. The molecule has 1 N–H and O–H groups in total. The van der Waals surface area contributed by atoms with Gasteiger partial charge in [0.2, 0.25) is 0 Å². The van der Waals surface area contributed by atoms with Gasteiger partial charge in [0.25, 0.3) is 11.6 Å². The van der Waals surface area contributed by atoms with Crippen molar-refractivity contribution in [2.45, 2.75) is 46.1 Å². The number of fused-ring (bicyclic) bond motifs is 1. The molecule has 0 saturated heterocycles. The Hall–Kier alpha value is -2.45. The second-order valence-corrected chi connectivity index (χ2v) is 8.90. The molecule has 1 atom stereocenters. The molecule has 154 valence electrons. The third kappa shape index (κ3) is 4.59. The molecule has 0 bridgehead atoms. The standard InChI is InChI=1S/C20H21ClN2O5S/c1-10(2)28-20(25)17-13-6-4-11(3)8-16(13)29-19(17)22-18(24)14-9-12(23(26)27)5-7-15(14)21/h5,7,9-11H,4,6,8H2,1-3H3,(H,22,24)/t11-/m0/s1. The molecular formula is C20H21ClN2O5S. The van der Waals surface area contributed by atoms with Crippen LogP contribution in [0.5, 0.6) is 0 Å². The molecule has 0 saturated carbocycles. The number of benzene rings is 1. The van der Waals surface area contributed by atoms with Crippen LogP contribution in [0.1, 0.15) is 58.3 Å². The zero-order valence-electron chi connectivity index (χ0n) is 16.3. The second kappa shape index (κ2) is 8.51. The number of carbonyl (C=O) groups excluding carboxylic acids is 2. The number of hydrogen-bond donors (Lipinski definition) is 1. The molecule has 0 aliphatic heterocycles. The molecule has 1 aromatic heterocycles. The number of ether oxygens (including phenoxy) is 1. The highest BCUT2D eigenvalue weighted by atomic mass is 35.5. The lowest BCUT2D eigenvalue weighted by atomic mass is 9.88. The summed E-state index contributed by atoms with van der Waals surface area (Å²) in [5, 5.41) is 14.2. The number of nitro benzene ring substituents is 1. The Morgan fingerprint density at radius 2 is 2.10 bits per heavy atom. The van der Waals surface area contributed by atoms with Gasteiger partial charge >= 0.3 is 5.97 Å². The largest absolute Gasteiger partial charge is 0.459 e. The number of rotatable bonds is 5. The summed E-state index contributed by atoms with van der Waals surface area (Å²) in [6.07, 6.45) is 2.23. The van der Waals surface area contributed by atoms with Crippen molar-refractivity contribution in [3.8, 4) is 0 Å². The van der Waals surface area contributed by atoms with E-state index in [4.69, 9.17) is 16.3 Å². The average molecular weight is 437 g/mol. The van der Waals surface area contributed by atoms with Crippen LogP contribution in [-0.4, -0.2) is 22.9 Å². The van der Waals surface area contributed by atoms with E-state index in [1.165, 1.54) is 23.5 Å². The van der Waals surface area contributed by atoms with Crippen LogP contribution >= 0.6 is 22.9 Å². The minimum atomic E-state index is -0.607. The van der Waals surface area contributed by atoms with Crippen molar-refractivity contribution in [3.63, 3.8) is 0 Å². The quantitative estimate of drug-likeness (QED) is 0.392. The molecule has 2 aromatic rings. The number of thiophene rings is 1. The van der Waals surface area contributed by atoms with Gasteiger partial charge in [-0.3, -0.25) is 14.9 Å². The van der Waals surface area contributed by atoms with Gasteiger partial charge in [0.1, 0.15) is 5.00 Å². The van der Waals surface area contributed by atoms with Gasteiger partial charge in [0.15, 0.2) is 0 Å². The number of nitrogens with one attached hydrogen (secondary N) is 1. The second-order valence-electron chi connectivity index (χ2n) is 7.39. The van der Waals surface area contributed by atoms with Crippen LogP contribution in [-0.2, 0) is 17.6 Å². The summed E-state index contributed by atoms with van der Waals surface area (Å²) in [5.41, 5.74) is 1.03. The number of nitro groups is 1. The molecular weight excluding hydrogens is 416 g/mol. The fourth-order valence-electron chi connectivity index (χ4n) is 3.30. The van der Waals surface area contributed by atoms with Gasteiger partial charge in [-0.05, 0) is 50.7 Å². The highest BCUT2D eigenvalue weighted by molar-refractivity contribution is 7.17. The van der Waals surface area contributed by atoms with Gasteiger partial charge < -0.3 is 10.1 Å². The van der Waals surface area contributed by atoms with Gasteiger partial charge in [-0.15, -0.1) is 11.3 Å². The highest BCUT2D eigenvalue weighted by Crippen LogP contribution is 2.40. The van der Waals surface area contributed by atoms with Crippen molar-refractivity contribution in [3.05, 3.63) is 54.9 Å². The van der Waals surface area contributed by atoms with E-state index in [1.807, 2.05) is 0 Å². The van der Waals surface area contributed by atoms with Crippen molar-refractivity contribution >= 4 is 45.5 Å². The van der Waals surface area contributed by atoms with E-state index in [2.05, 4.69) is 12.2 Å². The maximum atomic E-state index is 12.8. The van der Waals surface area contributed by atoms with Gasteiger partial charge in [-0.2, -0.15) is 0 Å². The minimum Gasteiger partial charge on any atom is -0.459 e. The van der Waals surface area contributed by atoms with Crippen LogP contribution in [0.2, 0.25) is 5.02 Å². The third-order valence-electron chi connectivity index (χ3n) is 4.69. The molecule has 9 heteroatoms. The van der Waals surface area contributed by atoms with Crippen LogP contribution in [0.25, 0.3) is 0 Å². The number of carbonyl (C=O) groups is 2. The molecule has 29 heavy (non-hydrogen) atoms. The van der Waals surface area contributed by atoms with Crippen LogP contribution in [0, 0.1) is 16.0 Å². The van der Waals surface area contributed by atoms with E-state index in [0.29, 0.717) is 16.5 Å². The van der Waals surface area contributed by atoms with E-state index >= 15 is 0 Å². The normalized spacial score (nSPS) is 15.7. The summed E-state index contributed by atoms with van der Waals surface area (Å²) < 4.78 is 5.39. The van der Waals surface area contributed by atoms with Crippen LogP contribution < -0.4 is 5.32 Å². The molecule has 0 radical (unpaired) electrons. The fourth-order valence-corrected chi connectivity index (χ4v) is 4.90. The Morgan fingerprint density at radius 1 is 1.38 bits per heavy atom. The molecule has 3 rings (SSSR count). The van der Waals surface area contributed by atoms with Crippen LogP contribution in [0.3, 0.4) is 0 Å². The summed E-state index contributed by atoms with van der Waals surface area (Å²) in [6, 6.07) is 3.67. The molecule has 1 amide bonds. The monoisotopic (exact) mass is 436 g/mol. The molecule has 0 fully saturated rings. The first-order valence-electron chi connectivity index (χ1n) is 9.28. The lowest BCUT2D eigenvalue weighted by Crippen LogP contribution is -2.19. The number of nitrogens with zero attached hydrogens (tertiary/aromatic N) is 1. The van der Waals surface area contributed by atoms with E-state index in [9.17, 15) is 19.7 Å². The summed E-state index contributed by atoms with van der Waals surface area (Å²) in [6.45, 7) is 5.68. The lowest BCUT2D eigenvalue weighted by Gasteiger charge is -2.18. The average Bonchev–Trinajstić information content (AvgIpc) is 2.97. The summed E-state index contributed by atoms with van der Waals surface area (Å²) in [5.74, 6) is -0.596. The third-order valence-corrected chi connectivity index (χ3v) is 6.19. The Balaban J connectivity index is 1.98. The number of halogens is 1. The molecule has 1 aliphatic carbocycles. The van der Waals surface area contributed by atoms with Crippen molar-refractivity contribution in [1.29, 1.82) is 0 Å². The van der Waals surface area contributed by atoms with Gasteiger partial charge in [0, 0.05) is 17.0 Å². The first kappa shape index (κ1) is 21.3. The number of hydrogen-bond acceptors (Lipinski definition) is 6. The summed E-state index contributed by atoms with van der Waals surface area (Å²) in [7, 11) is 0. The topological polar surface area (TPSA) is 98.5 Å². The van der Waals surface area contributed by atoms with Gasteiger partial charge in [-0.1, -0.05) is 18.5 Å². The lowest BCUT2D eigenvalue weighted by molar-refractivity contribution is -0.384. The highest BCUT2D eigenvalue weighted by Gasteiger charge is 2.30. The molecule has 1 aliphatic rings. The smallest absolute Gasteiger partial charge is 0.341 e. The Bertz CT molecular complexity index is 985. The maximum absolute atomic E-state index is 12.8. The van der Waals surface area contributed by atoms with Crippen LogP contribution in [0.4, 0.5) is 10.7 Å². The van der Waals surface area contributed by atoms with Gasteiger partial charge in [0.05, 0.1) is 27.2 Å². The molecule has 1 heterocycles. The van der Waals surface area contributed by atoms with Crippen LogP contribution in [0.15, 0.2) is 18.2 Å². The van der Waals surface area contributed by atoms with Crippen molar-refractivity contribution in [1.82, 2.24) is 0 Å². The maximum Gasteiger partial charge on any atom is 0.341 e. The SMILES string of the molecule is CC(C)OC(=O)c1c(NC(=O)c2cc([N+](=O)[O-])ccc2Cl)sc2c1CC[C@H](C)C2. The minimum absolute atomic E-state index is 0.0243. The van der Waals surface area contributed by atoms with Crippen molar-refractivity contribution in [2.24, 2.45) is 5.92 Å². The fraction of sp³-hybridized carbons (Fsp3) is 0.400. The predicted octanol–water partition coefficient (Wildman–Crippen LogP) is 5.25.